The minimum atomic E-state index is -0.300. The lowest BCUT2D eigenvalue weighted by molar-refractivity contribution is 0.104. The highest BCUT2D eigenvalue weighted by atomic mass is 32.1. The summed E-state index contributed by atoms with van der Waals surface area (Å²) >= 11 is 1.38. The van der Waals surface area contributed by atoms with Crippen LogP contribution in [0, 0.1) is 5.82 Å². The van der Waals surface area contributed by atoms with E-state index in [0.29, 0.717) is 21.7 Å². The molecule has 3 aromatic heterocycles. The number of hydrogen-bond donors (Lipinski definition) is 0. The largest absolute Gasteiger partial charge is 0.378 e. The van der Waals surface area contributed by atoms with Crippen molar-refractivity contribution in [1.82, 2.24) is 14.6 Å². The predicted octanol–water partition coefficient (Wildman–Crippen LogP) is 5.56. The van der Waals surface area contributed by atoms with Crippen LogP contribution in [0.1, 0.15) is 15.2 Å². The highest BCUT2D eigenvalue weighted by Crippen LogP contribution is 2.30. The van der Waals surface area contributed by atoms with Crippen molar-refractivity contribution in [3.8, 4) is 22.4 Å². The Morgan fingerprint density at radius 2 is 1.81 bits per heavy atom. The average molecular weight is 443 g/mol. The Balaban J connectivity index is 1.59. The molecule has 2 aromatic carbocycles. The third-order valence-corrected chi connectivity index (χ3v) is 6.22. The fraction of sp³-hybridized carbons (Fsp3) is 0.0800. The Bertz CT molecular complexity index is 1420. The topological polar surface area (TPSA) is 50.5 Å². The van der Waals surface area contributed by atoms with Gasteiger partial charge in [0.1, 0.15) is 5.82 Å². The van der Waals surface area contributed by atoms with Crippen molar-refractivity contribution in [2.45, 2.75) is 0 Å². The zero-order valence-corrected chi connectivity index (χ0v) is 18.3. The second-order valence-corrected chi connectivity index (χ2v) is 8.51. The molecule has 5 aromatic rings. The molecule has 0 aliphatic carbocycles. The fourth-order valence-corrected chi connectivity index (χ4v) is 4.33. The number of anilines is 1. The molecule has 0 amide bonds. The second kappa shape index (κ2) is 8.01. The molecule has 5 nitrogen and oxygen atoms in total. The summed E-state index contributed by atoms with van der Waals surface area (Å²) < 4.78 is 16.4. The van der Waals surface area contributed by atoms with Crippen LogP contribution in [0.2, 0.25) is 0 Å². The number of carbonyl (C=O) groups is 1. The van der Waals surface area contributed by atoms with Crippen LogP contribution in [-0.4, -0.2) is 34.5 Å². The van der Waals surface area contributed by atoms with Crippen molar-refractivity contribution in [1.29, 1.82) is 0 Å². The summed E-state index contributed by atoms with van der Waals surface area (Å²) in [6.45, 7) is 0. The van der Waals surface area contributed by atoms with E-state index in [1.54, 1.807) is 28.9 Å². The summed E-state index contributed by atoms with van der Waals surface area (Å²) in [4.78, 5) is 19.9. The molecule has 0 aliphatic heterocycles. The van der Waals surface area contributed by atoms with Gasteiger partial charge in [-0.2, -0.15) is 5.10 Å². The van der Waals surface area contributed by atoms with Crippen LogP contribution in [0.25, 0.3) is 28.0 Å². The lowest BCUT2D eigenvalue weighted by Gasteiger charge is -2.13. The highest BCUT2D eigenvalue weighted by molar-refractivity contribution is 7.12. The number of halogens is 1. The Morgan fingerprint density at radius 3 is 2.53 bits per heavy atom. The highest BCUT2D eigenvalue weighted by Gasteiger charge is 2.19. The molecule has 0 atom stereocenters. The molecule has 0 saturated carbocycles. The summed E-state index contributed by atoms with van der Waals surface area (Å²) in [7, 11) is 3.93. The summed E-state index contributed by atoms with van der Waals surface area (Å²) in [6.07, 6.45) is 3.19. The monoisotopic (exact) mass is 442 g/mol. The maximum absolute atomic E-state index is 14.7. The molecule has 0 unspecified atom stereocenters. The van der Waals surface area contributed by atoms with Crippen LogP contribution in [0.3, 0.4) is 0 Å². The van der Waals surface area contributed by atoms with Crippen molar-refractivity contribution in [2.75, 3.05) is 19.0 Å². The number of thiophene rings is 1. The number of rotatable bonds is 5. The molecule has 0 spiro atoms. The molecule has 0 aliphatic rings. The van der Waals surface area contributed by atoms with Crippen LogP contribution in [0.4, 0.5) is 10.1 Å². The minimum Gasteiger partial charge on any atom is -0.378 e. The number of nitrogens with zero attached hydrogens (tertiary/aromatic N) is 4. The Labute approximate surface area is 188 Å². The Hall–Kier alpha value is -3.84. The minimum absolute atomic E-state index is 0.111. The van der Waals surface area contributed by atoms with Gasteiger partial charge in [-0.3, -0.25) is 4.79 Å². The van der Waals surface area contributed by atoms with E-state index in [1.807, 2.05) is 60.8 Å². The Kier molecular flexibility index (Phi) is 5.03. The van der Waals surface area contributed by atoms with Crippen LogP contribution in [-0.2, 0) is 0 Å². The average Bonchev–Trinajstić information content (AvgIpc) is 3.49. The number of fused-ring (bicyclic) bond motifs is 1. The standard InChI is InChI=1S/C25H19FN4OS/c1-29(2)18-8-5-16(6-9-18)19-14-17(7-10-21(19)26)22-11-12-27-25-20(15-28-30(22)25)24(31)23-4-3-13-32-23/h3-15H,1-2H3. The first-order chi connectivity index (χ1) is 15.5. The number of aromatic nitrogens is 3. The van der Waals surface area contributed by atoms with E-state index < -0.39 is 0 Å². The summed E-state index contributed by atoms with van der Waals surface area (Å²) in [5.41, 5.74) is 4.75. The number of benzene rings is 2. The molecule has 3 heterocycles. The molecule has 158 valence electrons. The van der Waals surface area contributed by atoms with Crippen molar-refractivity contribution in [3.05, 3.63) is 94.7 Å². The van der Waals surface area contributed by atoms with Crippen molar-refractivity contribution >= 4 is 28.5 Å². The maximum Gasteiger partial charge on any atom is 0.208 e. The van der Waals surface area contributed by atoms with E-state index in [1.165, 1.54) is 23.6 Å². The zero-order chi connectivity index (χ0) is 22.2. The van der Waals surface area contributed by atoms with E-state index in [9.17, 15) is 9.18 Å². The zero-order valence-electron chi connectivity index (χ0n) is 17.5. The summed E-state index contributed by atoms with van der Waals surface area (Å²) in [5, 5.41) is 6.28. The molecule has 0 radical (unpaired) electrons. The van der Waals surface area contributed by atoms with Gasteiger partial charge in [-0.1, -0.05) is 18.2 Å². The van der Waals surface area contributed by atoms with Crippen LogP contribution >= 0.6 is 11.3 Å². The second-order valence-electron chi connectivity index (χ2n) is 7.57. The molecule has 0 fully saturated rings. The molecular formula is C25H19FN4OS. The lowest BCUT2D eigenvalue weighted by Crippen LogP contribution is -2.07. The quantitative estimate of drug-likeness (QED) is 0.334. The van der Waals surface area contributed by atoms with Gasteiger partial charge in [-0.25, -0.2) is 13.9 Å². The van der Waals surface area contributed by atoms with Gasteiger partial charge >= 0.3 is 0 Å². The van der Waals surface area contributed by atoms with Gasteiger partial charge in [0.25, 0.3) is 0 Å². The van der Waals surface area contributed by atoms with Gasteiger partial charge in [0, 0.05) is 37.1 Å². The smallest absolute Gasteiger partial charge is 0.208 e. The van der Waals surface area contributed by atoms with E-state index in [-0.39, 0.29) is 11.6 Å². The maximum atomic E-state index is 14.7. The van der Waals surface area contributed by atoms with Gasteiger partial charge in [-0.05, 0) is 53.4 Å². The normalized spacial score (nSPS) is 11.1. The first-order valence-electron chi connectivity index (χ1n) is 10.0. The van der Waals surface area contributed by atoms with Gasteiger partial charge in [0.05, 0.1) is 22.3 Å². The number of ketones is 1. The molecule has 0 saturated heterocycles. The predicted molar refractivity (Wildman–Crippen MR) is 126 cm³/mol. The van der Waals surface area contributed by atoms with Gasteiger partial charge in [0.15, 0.2) is 5.65 Å². The van der Waals surface area contributed by atoms with Crippen LogP contribution in [0.15, 0.2) is 78.4 Å². The molecular weight excluding hydrogens is 423 g/mol. The third kappa shape index (κ3) is 3.46. The van der Waals surface area contributed by atoms with Gasteiger partial charge in [0.2, 0.25) is 5.78 Å². The van der Waals surface area contributed by atoms with Crippen molar-refractivity contribution in [2.24, 2.45) is 0 Å². The lowest BCUT2D eigenvalue weighted by atomic mass is 10.0. The number of carbonyl (C=O) groups excluding carboxylic acids is 1. The van der Waals surface area contributed by atoms with E-state index in [2.05, 4.69) is 10.1 Å². The molecule has 32 heavy (non-hydrogen) atoms. The van der Waals surface area contributed by atoms with Gasteiger partial charge in [-0.15, -0.1) is 11.3 Å². The van der Waals surface area contributed by atoms with E-state index >= 15 is 0 Å². The fourth-order valence-electron chi connectivity index (χ4n) is 3.66. The first kappa shape index (κ1) is 20.1. The summed E-state index contributed by atoms with van der Waals surface area (Å²) in [6, 6.07) is 18.1. The molecule has 0 N–H and O–H groups in total. The van der Waals surface area contributed by atoms with Crippen molar-refractivity contribution in [3.63, 3.8) is 0 Å². The molecule has 0 bridgehead atoms. The van der Waals surface area contributed by atoms with Gasteiger partial charge < -0.3 is 4.90 Å². The Morgan fingerprint density at radius 1 is 1.03 bits per heavy atom. The van der Waals surface area contributed by atoms with Crippen molar-refractivity contribution < 1.29 is 9.18 Å². The molecule has 5 rings (SSSR count). The van der Waals surface area contributed by atoms with Crippen LogP contribution < -0.4 is 4.90 Å². The van der Waals surface area contributed by atoms with E-state index in [0.717, 1.165) is 22.5 Å². The van der Waals surface area contributed by atoms with Crippen LogP contribution in [0.5, 0.6) is 0 Å². The first-order valence-corrected chi connectivity index (χ1v) is 10.9. The third-order valence-electron chi connectivity index (χ3n) is 5.35. The summed E-state index contributed by atoms with van der Waals surface area (Å²) in [5.74, 6) is -0.411. The number of hydrogen-bond acceptors (Lipinski definition) is 5. The SMILES string of the molecule is CN(C)c1ccc(-c2cc(-c3ccnc4c(C(=O)c5cccs5)cnn34)ccc2F)cc1. The molecule has 7 heteroatoms. The van der Waals surface area contributed by atoms with E-state index in [4.69, 9.17) is 0 Å².